The normalized spacial score (nSPS) is 37.4. The molecule has 3 rings (SSSR count). The second-order valence-corrected chi connectivity index (χ2v) is 7.42. The molecule has 1 N–H and O–H groups in total. The number of rotatable bonds is 5. The van der Waals surface area contributed by atoms with Crippen molar-refractivity contribution in [3.8, 4) is 0 Å². The molecule has 3 saturated carbocycles. The minimum Gasteiger partial charge on any atom is -0.370 e. The van der Waals surface area contributed by atoms with E-state index in [0.717, 1.165) is 18.5 Å². The summed E-state index contributed by atoms with van der Waals surface area (Å²) in [6.07, 6.45) is 15.4. The van der Waals surface area contributed by atoms with Crippen LogP contribution in [-0.4, -0.2) is 24.3 Å². The molecule has 0 heterocycles. The predicted octanol–water partition coefficient (Wildman–Crippen LogP) is 4.04. The van der Waals surface area contributed by atoms with Crippen molar-refractivity contribution >= 4 is 0 Å². The zero-order chi connectivity index (χ0) is 13.1. The maximum absolute atomic E-state index is 6.71. The van der Waals surface area contributed by atoms with Crippen LogP contribution in [0.5, 0.6) is 0 Å². The van der Waals surface area contributed by atoms with Gasteiger partial charge in [-0.3, -0.25) is 0 Å². The van der Waals surface area contributed by atoms with E-state index >= 15 is 0 Å². The highest BCUT2D eigenvalue weighted by molar-refractivity contribution is 4.93. The first kappa shape index (κ1) is 13.9. The van der Waals surface area contributed by atoms with Crippen molar-refractivity contribution in [2.45, 2.75) is 95.3 Å². The van der Waals surface area contributed by atoms with Crippen molar-refractivity contribution in [3.63, 3.8) is 0 Å². The largest absolute Gasteiger partial charge is 0.370 e. The fourth-order valence-electron chi connectivity index (χ4n) is 4.08. The summed E-state index contributed by atoms with van der Waals surface area (Å²) in [5.74, 6) is 0.846. The summed E-state index contributed by atoms with van der Waals surface area (Å²) >= 11 is 0. The lowest BCUT2D eigenvalue weighted by Gasteiger charge is -2.43. The number of hydrogen-bond acceptors (Lipinski definition) is 2. The van der Waals surface area contributed by atoms with Gasteiger partial charge in [0.15, 0.2) is 0 Å². The van der Waals surface area contributed by atoms with E-state index in [4.69, 9.17) is 4.74 Å². The Labute approximate surface area is 118 Å². The fourth-order valence-corrected chi connectivity index (χ4v) is 4.08. The van der Waals surface area contributed by atoms with Crippen molar-refractivity contribution in [2.24, 2.45) is 5.92 Å². The highest BCUT2D eigenvalue weighted by Gasteiger charge is 2.39. The van der Waals surface area contributed by atoms with Gasteiger partial charge in [0.1, 0.15) is 0 Å². The van der Waals surface area contributed by atoms with E-state index in [1.807, 2.05) is 0 Å². The second-order valence-electron chi connectivity index (χ2n) is 7.42. The molecule has 110 valence electrons. The maximum Gasteiger partial charge on any atom is 0.0812 e. The number of hydrogen-bond donors (Lipinski definition) is 1. The van der Waals surface area contributed by atoms with Crippen LogP contribution in [0.4, 0.5) is 0 Å². The van der Waals surface area contributed by atoms with Crippen molar-refractivity contribution in [2.75, 3.05) is 6.54 Å². The highest BCUT2D eigenvalue weighted by Crippen LogP contribution is 2.38. The molecule has 3 aliphatic carbocycles. The molecule has 0 radical (unpaired) electrons. The summed E-state index contributed by atoms with van der Waals surface area (Å²) in [7, 11) is 0. The van der Waals surface area contributed by atoms with Gasteiger partial charge in [-0.05, 0) is 44.4 Å². The third-order valence-corrected chi connectivity index (χ3v) is 5.31. The molecule has 0 aromatic heterocycles. The zero-order valence-electron chi connectivity index (χ0n) is 12.6. The van der Waals surface area contributed by atoms with Crippen molar-refractivity contribution in [3.05, 3.63) is 0 Å². The minimum absolute atomic E-state index is 0.169. The Morgan fingerprint density at radius 2 is 1.79 bits per heavy atom. The molecular weight excluding hydrogens is 234 g/mol. The molecule has 2 atom stereocenters. The molecule has 19 heavy (non-hydrogen) atoms. The van der Waals surface area contributed by atoms with Gasteiger partial charge in [0.2, 0.25) is 0 Å². The molecule has 0 bridgehead atoms. The molecule has 2 unspecified atom stereocenters. The van der Waals surface area contributed by atoms with Gasteiger partial charge in [-0.1, -0.05) is 39.0 Å². The van der Waals surface area contributed by atoms with Gasteiger partial charge in [0.05, 0.1) is 11.7 Å². The summed E-state index contributed by atoms with van der Waals surface area (Å²) in [5.41, 5.74) is 0.169. The number of ether oxygens (including phenoxy) is 1. The summed E-state index contributed by atoms with van der Waals surface area (Å²) in [4.78, 5) is 0. The van der Waals surface area contributed by atoms with Crippen LogP contribution in [0, 0.1) is 5.92 Å². The van der Waals surface area contributed by atoms with E-state index in [1.54, 1.807) is 0 Å². The highest BCUT2D eigenvalue weighted by atomic mass is 16.5. The third kappa shape index (κ3) is 3.95. The molecule has 3 fully saturated rings. The van der Waals surface area contributed by atoms with Crippen LogP contribution in [0.1, 0.15) is 77.6 Å². The van der Waals surface area contributed by atoms with E-state index in [1.165, 1.54) is 70.6 Å². The Morgan fingerprint density at radius 3 is 2.47 bits per heavy atom. The molecule has 0 saturated heterocycles. The summed E-state index contributed by atoms with van der Waals surface area (Å²) in [6, 6.07) is 0.809. The predicted molar refractivity (Wildman–Crippen MR) is 79.3 cm³/mol. The summed E-state index contributed by atoms with van der Waals surface area (Å²) in [5, 5.41) is 3.75. The fraction of sp³-hybridized carbons (Fsp3) is 1.00. The Morgan fingerprint density at radius 1 is 1.00 bits per heavy atom. The molecule has 0 aliphatic heterocycles. The van der Waals surface area contributed by atoms with Crippen LogP contribution in [0.3, 0.4) is 0 Å². The van der Waals surface area contributed by atoms with Crippen molar-refractivity contribution in [1.29, 1.82) is 0 Å². The quantitative estimate of drug-likeness (QED) is 0.810. The van der Waals surface area contributed by atoms with Crippen molar-refractivity contribution in [1.82, 2.24) is 5.32 Å². The van der Waals surface area contributed by atoms with E-state index < -0.39 is 0 Å². The van der Waals surface area contributed by atoms with Gasteiger partial charge in [-0.25, -0.2) is 0 Å². The molecule has 0 amide bonds. The van der Waals surface area contributed by atoms with E-state index in [9.17, 15) is 0 Å². The Hall–Kier alpha value is -0.0800. The summed E-state index contributed by atoms with van der Waals surface area (Å²) in [6.45, 7) is 3.52. The average Bonchev–Trinajstić information content (AvgIpc) is 3.22. The van der Waals surface area contributed by atoms with E-state index in [-0.39, 0.29) is 5.60 Å². The average molecular weight is 265 g/mol. The van der Waals surface area contributed by atoms with Gasteiger partial charge >= 0.3 is 0 Å². The molecule has 2 nitrogen and oxygen atoms in total. The maximum atomic E-state index is 6.71. The smallest absolute Gasteiger partial charge is 0.0812 e. The number of nitrogens with one attached hydrogen (secondary N) is 1. The monoisotopic (exact) mass is 265 g/mol. The first-order chi connectivity index (χ1) is 9.26. The van der Waals surface area contributed by atoms with Crippen LogP contribution in [-0.2, 0) is 4.74 Å². The molecule has 2 heteroatoms. The summed E-state index contributed by atoms with van der Waals surface area (Å²) < 4.78 is 6.71. The lowest BCUT2D eigenvalue weighted by Crippen LogP contribution is -2.49. The van der Waals surface area contributed by atoms with Crippen LogP contribution >= 0.6 is 0 Å². The van der Waals surface area contributed by atoms with Gasteiger partial charge in [-0.2, -0.15) is 0 Å². The first-order valence-electron chi connectivity index (χ1n) is 8.67. The van der Waals surface area contributed by atoms with Gasteiger partial charge < -0.3 is 10.1 Å². The van der Waals surface area contributed by atoms with Crippen molar-refractivity contribution < 1.29 is 4.74 Å². The van der Waals surface area contributed by atoms with Gasteiger partial charge in [0.25, 0.3) is 0 Å². The third-order valence-electron chi connectivity index (χ3n) is 5.31. The molecule has 0 aromatic rings. The zero-order valence-corrected chi connectivity index (χ0v) is 12.6. The minimum atomic E-state index is 0.169. The Balaban J connectivity index is 1.59. The molecule has 3 aliphatic rings. The van der Waals surface area contributed by atoms with Crippen LogP contribution in [0.25, 0.3) is 0 Å². The standard InChI is InChI=1S/C17H31NO/c1-14-6-5-11-17(12-14,13-18-15-9-10-15)19-16-7-3-2-4-8-16/h14-16,18H,2-13H2,1H3. The van der Waals surface area contributed by atoms with Crippen LogP contribution in [0.15, 0.2) is 0 Å². The Bertz CT molecular complexity index is 283. The second kappa shape index (κ2) is 6.13. The SMILES string of the molecule is CC1CCCC(CNC2CC2)(OC2CCCCC2)C1. The lowest BCUT2D eigenvalue weighted by atomic mass is 9.78. The Kier molecular flexibility index (Phi) is 4.48. The van der Waals surface area contributed by atoms with Crippen LogP contribution < -0.4 is 5.32 Å². The molecule has 0 spiro atoms. The lowest BCUT2D eigenvalue weighted by molar-refractivity contribution is -0.129. The first-order valence-corrected chi connectivity index (χ1v) is 8.67. The molecular formula is C17H31NO. The van der Waals surface area contributed by atoms with Crippen LogP contribution in [0.2, 0.25) is 0 Å². The van der Waals surface area contributed by atoms with E-state index in [0.29, 0.717) is 6.10 Å². The molecule has 0 aromatic carbocycles. The van der Waals surface area contributed by atoms with Gasteiger partial charge in [0, 0.05) is 12.6 Å². The topological polar surface area (TPSA) is 21.3 Å². The van der Waals surface area contributed by atoms with Gasteiger partial charge in [-0.15, -0.1) is 0 Å². The van der Waals surface area contributed by atoms with E-state index in [2.05, 4.69) is 12.2 Å².